The SMILES string of the molecule is CC1(NCc2cc(C(=O)[O-])nc3c2CCC3)CC1.[Li+]. The van der Waals surface area contributed by atoms with Crippen LogP contribution in [0.3, 0.4) is 0 Å². The molecule has 2 aliphatic carbocycles. The van der Waals surface area contributed by atoms with Crippen LogP contribution < -0.4 is 29.3 Å². The summed E-state index contributed by atoms with van der Waals surface area (Å²) >= 11 is 0. The van der Waals surface area contributed by atoms with E-state index >= 15 is 0 Å². The Bertz CT molecular complexity index is 512. The third-order valence-electron chi connectivity index (χ3n) is 4.06. The Morgan fingerprint density at radius 2 is 2.21 bits per heavy atom. The van der Waals surface area contributed by atoms with Crippen LogP contribution in [0.1, 0.15) is 53.5 Å². The van der Waals surface area contributed by atoms with Gasteiger partial charge in [0, 0.05) is 17.8 Å². The molecule has 0 bridgehead atoms. The molecule has 96 valence electrons. The number of pyridine rings is 1. The maximum absolute atomic E-state index is 11.0. The first kappa shape index (κ1) is 14.6. The second kappa shape index (κ2) is 5.28. The van der Waals surface area contributed by atoms with Crippen molar-refractivity contribution in [3.8, 4) is 0 Å². The van der Waals surface area contributed by atoms with Crippen LogP contribution in [-0.2, 0) is 19.4 Å². The van der Waals surface area contributed by atoms with Crippen LogP contribution in [0.15, 0.2) is 6.07 Å². The van der Waals surface area contributed by atoms with E-state index in [4.69, 9.17) is 0 Å². The molecule has 5 heteroatoms. The van der Waals surface area contributed by atoms with Gasteiger partial charge in [0.2, 0.25) is 0 Å². The van der Waals surface area contributed by atoms with Gasteiger partial charge in [0.15, 0.2) is 0 Å². The van der Waals surface area contributed by atoms with E-state index in [0.717, 1.165) is 37.1 Å². The van der Waals surface area contributed by atoms with Gasteiger partial charge >= 0.3 is 18.9 Å². The predicted octanol–water partition coefficient (Wildman–Crippen LogP) is -2.42. The average molecular weight is 252 g/mol. The van der Waals surface area contributed by atoms with E-state index in [-0.39, 0.29) is 30.1 Å². The molecule has 0 unspecified atom stereocenters. The van der Waals surface area contributed by atoms with Gasteiger partial charge in [-0.05, 0) is 56.2 Å². The number of hydrogen-bond acceptors (Lipinski definition) is 4. The number of nitrogens with zero attached hydrogens (tertiary/aromatic N) is 1. The van der Waals surface area contributed by atoms with Crippen LogP contribution in [0, 0.1) is 0 Å². The van der Waals surface area contributed by atoms with Crippen molar-refractivity contribution in [3.63, 3.8) is 0 Å². The van der Waals surface area contributed by atoms with Crippen molar-refractivity contribution in [2.24, 2.45) is 0 Å². The number of carboxylic acid groups (broad SMARTS) is 1. The number of hydrogen-bond donors (Lipinski definition) is 1. The molecule has 0 amide bonds. The van der Waals surface area contributed by atoms with E-state index < -0.39 is 5.97 Å². The van der Waals surface area contributed by atoms with Crippen molar-refractivity contribution in [2.75, 3.05) is 0 Å². The summed E-state index contributed by atoms with van der Waals surface area (Å²) in [5.74, 6) is -1.18. The Hall–Kier alpha value is -0.823. The molecule has 0 spiro atoms. The van der Waals surface area contributed by atoms with Crippen LogP contribution in [-0.4, -0.2) is 16.5 Å². The smallest absolute Gasteiger partial charge is 0.543 e. The molecule has 1 saturated carbocycles. The van der Waals surface area contributed by atoms with Crippen molar-refractivity contribution in [2.45, 2.75) is 51.1 Å². The third-order valence-corrected chi connectivity index (χ3v) is 4.06. The largest absolute Gasteiger partial charge is 1.00 e. The van der Waals surface area contributed by atoms with E-state index in [1.54, 1.807) is 6.07 Å². The molecule has 2 aliphatic rings. The van der Waals surface area contributed by atoms with Gasteiger partial charge in [-0.25, -0.2) is 0 Å². The predicted molar refractivity (Wildman–Crippen MR) is 65.1 cm³/mol. The molecule has 0 saturated heterocycles. The summed E-state index contributed by atoms with van der Waals surface area (Å²) in [6.07, 6.45) is 5.38. The number of carbonyl (C=O) groups excluding carboxylic acids is 1. The molecule has 1 aromatic heterocycles. The number of aromatic nitrogens is 1. The number of carbonyl (C=O) groups is 1. The Labute approximate surface area is 125 Å². The molecular weight excluding hydrogens is 235 g/mol. The Morgan fingerprint density at radius 1 is 1.47 bits per heavy atom. The Kier molecular flexibility index (Phi) is 4.05. The first-order valence-corrected chi connectivity index (χ1v) is 6.55. The molecule has 1 fully saturated rings. The second-order valence-corrected chi connectivity index (χ2v) is 5.65. The molecule has 19 heavy (non-hydrogen) atoms. The number of rotatable bonds is 4. The third kappa shape index (κ3) is 3.02. The number of nitrogens with one attached hydrogen (secondary N) is 1. The standard InChI is InChI=1S/C14H18N2O2.Li/c1-14(5-6-14)15-8-9-7-12(13(17)18)16-11-4-2-3-10(9)11;/h7,15H,2-6,8H2,1H3,(H,17,18);/q;+1/p-1. The van der Waals surface area contributed by atoms with E-state index in [1.165, 1.54) is 18.4 Å². The van der Waals surface area contributed by atoms with E-state index in [2.05, 4.69) is 17.2 Å². The fraction of sp³-hybridized carbons (Fsp3) is 0.571. The van der Waals surface area contributed by atoms with Crippen LogP contribution in [0.25, 0.3) is 0 Å². The average Bonchev–Trinajstić information content (AvgIpc) is 2.90. The minimum absolute atomic E-state index is 0. The number of aryl methyl sites for hydroxylation is 1. The first-order valence-electron chi connectivity index (χ1n) is 6.55. The maximum Gasteiger partial charge on any atom is 1.00 e. The zero-order chi connectivity index (χ0) is 12.8. The van der Waals surface area contributed by atoms with Gasteiger partial charge in [-0.2, -0.15) is 0 Å². The summed E-state index contributed by atoms with van der Waals surface area (Å²) in [7, 11) is 0. The van der Waals surface area contributed by atoms with Gasteiger partial charge in [-0.3, -0.25) is 4.98 Å². The van der Waals surface area contributed by atoms with Crippen molar-refractivity contribution in [3.05, 3.63) is 28.6 Å². The van der Waals surface area contributed by atoms with Gasteiger partial charge in [-0.1, -0.05) is 0 Å². The van der Waals surface area contributed by atoms with Crippen molar-refractivity contribution < 1.29 is 28.8 Å². The van der Waals surface area contributed by atoms with Gasteiger partial charge in [-0.15, -0.1) is 0 Å². The van der Waals surface area contributed by atoms with Gasteiger partial charge in [0.1, 0.15) is 0 Å². The molecule has 4 nitrogen and oxygen atoms in total. The second-order valence-electron chi connectivity index (χ2n) is 5.65. The van der Waals surface area contributed by atoms with Crippen LogP contribution in [0.2, 0.25) is 0 Å². The van der Waals surface area contributed by atoms with Gasteiger partial charge in [0.25, 0.3) is 0 Å². The number of fused-ring (bicyclic) bond motifs is 1. The molecule has 0 atom stereocenters. The Morgan fingerprint density at radius 3 is 2.84 bits per heavy atom. The molecular formula is C14H17LiN2O2. The van der Waals surface area contributed by atoms with Crippen LogP contribution in [0.4, 0.5) is 0 Å². The van der Waals surface area contributed by atoms with Gasteiger partial charge in [0.05, 0.1) is 11.7 Å². The summed E-state index contributed by atoms with van der Waals surface area (Å²) in [5, 5.41) is 14.5. The van der Waals surface area contributed by atoms with Crippen molar-refractivity contribution >= 4 is 5.97 Å². The fourth-order valence-electron chi connectivity index (χ4n) is 2.56. The molecule has 1 heterocycles. The van der Waals surface area contributed by atoms with Crippen LogP contribution in [0.5, 0.6) is 0 Å². The Balaban J connectivity index is 0.00000133. The quantitative estimate of drug-likeness (QED) is 0.606. The summed E-state index contributed by atoms with van der Waals surface area (Å²) in [6.45, 7) is 2.94. The summed E-state index contributed by atoms with van der Waals surface area (Å²) in [6, 6.07) is 1.68. The molecule has 1 N–H and O–H groups in total. The minimum Gasteiger partial charge on any atom is -0.543 e. The monoisotopic (exact) mass is 252 g/mol. The normalized spacial score (nSPS) is 18.6. The molecule has 0 aliphatic heterocycles. The van der Waals surface area contributed by atoms with E-state index in [9.17, 15) is 9.90 Å². The molecule has 3 rings (SSSR count). The number of aromatic carboxylic acids is 1. The zero-order valence-corrected chi connectivity index (χ0v) is 11.6. The minimum atomic E-state index is -1.18. The fourth-order valence-corrected chi connectivity index (χ4v) is 2.56. The van der Waals surface area contributed by atoms with E-state index in [1.807, 2.05) is 0 Å². The van der Waals surface area contributed by atoms with E-state index in [0.29, 0.717) is 0 Å². The molecule has 0 radical (unpaired) electrons. The molecule has 0 aromatic carbocycles. The summed E-state index contributed by atoms with van der Waals surface area (Å²) < 4.78 is 0. The van der Waals surface area contributed by atoms with Crippen molar-refractivity contribution in [1.82, 2.24) is 10.3 Å². The molecule has 1 aromatic rings. The topological polar surface area (TPSA) is 65.0 Å². The van der Waals surface area contributed by atoms with Gasteiger partial charge < -0.3 is 15.2 Å². The summed E-state index contributed by atoms with van der Waals surface area (Å²) in [4.78, 5) is 15.2. The van der Waals surface area contributed by atoms with Crippen molar-refractivity contribution in [1.29, 1.82) is 0 Å². The summed E-state index contributed by atoms with van der Waals surface area (Å²) in [5.41, 5.74) is 3.63. The maximum atomic E-state index is 11.0. The first-order chi connectivity index (χ1) is 8.57. The zero-order valence-electron chi connectivity index (χ0n) is 11.6. The number of carboxylic acids is 1. The van der Waals surface area contributed by atoms with Crippen LogP contribution >= 0.6 is 0 Å².